The molecule has 0 saturated carbocycles. The second-order valence-corrected chi connectivity index (χ2v) is 6.28. The smallest absolute Gasteiger partial charge is 0.267 e. The van der Waals surface area contributed by atoms with Gasteiger partial charge in [0.1, 0.15) is 0 Å². The molecule has 0 fully saturated rings. The van der Waals surface area contributed by atoms with Crippen LogP contribution in [0.3, 0.4) is 0 Å². The van der Waals surface area contributed by atoms with Crippen LogP contribution in [0.1, 0.15) is 0 Å². The van der Waals surface area contributed by atoms with Crippen LogP contribution in [-0.4, -0.2) is 17.4 Å². The molecule has 1 aliphatic rings. The zero-order valence-electron chi connectivity index (χ0n) is 10.1. The number of para-hydroxylation sites is 1. The van der Waals surface area contributed by atoms with Crippen molar-refractivity contribution in [1.29, 1.82) is 0 Å². The molecule has 0 saturated heterocycles. The molecule has 0 atom stereocenters. The maximum Gasteiger partial charge on any atom is 0.275 e. The van der Waals surface area contributed by atoms with Crippen molar-refractivity contribution >= 4 is 20.9 Å². The number of hydrogen-bond acceptors (Lipinski definition) is 4. The van der Waals surface area contributed by atoms with Crippen LogP contribution in [-0.2, 0) is 10.0 Å². The average molecular weight is 284 g/mol. The third-order valence-corrected chi connectivity index (χ3v) is 5.12. The first kappa shape index (κ1) is 11.4. The summed E-state index contributed by atoms with van der Waals surface area (Å²) in [6.45, 7) is 0. The Morgan fingerprint density at radius 3 is 2.50 bits per heavy atom. The Morgan fingerprint density at radius 2 is 1.65 bits per heavy atom. The normalized spacial score (nSPS) is 15.0. The molecule has 6 heteroatoms. The largest absolute Gasteiger partial charge is 0.275 e. The monoisotopic (exact) mass is 284 g/mol. The van der Waals surface area contributed by atoms with E-state index in [1.807, 2.05) is 0 Å². The van der Waals surface area contributed by atoms with E-state index in [2.05, 4.69) is 4.98 Å². The summed E-state index contributed by atoms with van der Waals surface area (Å²) in [7, 11) is -3.85. The van der Waals surface area contributed by atoms with Crippen LogP contribution in [0.25, 0.3) is 22.3 Å². The minimum absolute atomic E-state index is 0.125. The summed E-state index contributed by atoms with van der Waals surface area (Å²) in [4.78, 5) is 16.9. The van der Waals surface area contributed by atoms with Gasteiger partial charge in [0.25, 0.3) is 15.6 Å². The van der Waals surface area contributed by atoms with Gasteiger partial charge in [-0.05, 0) is 24.3 Å². The third kappa shape index (κ3) is 1.23. The van der Waals surface area contributed by atoms with Crippen molar-refractivity contribution in [3.63, 3.8) is 0 Å². The Balaban J connectivity index is 2.30. The maximum atomic E-state index is 12.5. The lowest BCUT2D eigenvalue weighted by Gasteiger charge is -2.04. The molecular weight excluding hydrogens is 276 g/mol. The number of rotatable bonds is 0. The first-order chi connectivity index (χ1) is 9.60. The summed E-state index contributed by atoms with van der Waals surface area (Å²) in [6, 6.07) is 13.2. The van der Waals surface area contributed by atoms with Crippen molar-refractivity contribution in [2.24, 2.45) is 0 Å². The van der Waals surface area contributed by atoms with Crippen LogP contribution in [0.15, 0.2) is 58.2 Å². The van der Waals surface area contributed by atoms with Crippen molar-refractivity contribution < 1.29 is 8.42 Å². The van der Waals surface area contributed by atoms with E-state index in [0.29, 0.717) is 16.5 Å². The molecule has 98 valence electrons. The predicted molar refractivity (Wildman–Crippen MR) is 74.0 cm³/mol. The van der Waals surface area contributed by atoms with Gasteiger partial charge in [0.2, 0.25) is 0 Å². The third-order valence-electron chi connectivity index (χ3n) is 3.38. The molecule has 0 unspecified atom stereocenters. The highest BCUT2D eigenvalue weighted by Gasteiger charge is 2.34. The van der Waals surface area contributed by atoms with Crippen LogP contribution in [0.5, 0.6) is 0 Å². The lowest BCUT2D eigenvalue weighted by molar-refractivity contribution is 0.589. The average Bonchev–Trinajstić information content (AvgIpc) is 2.69. The molecule has 4 rings (SSSR count). The highest BCUT2D eigenvalue weighted by atomic mass is 32.2. The first-order valence-corrected chi connectivity index (χ1v) is 7.41. The van der Waals surface area contributed by atoms with Crippen LogP contribution >= 0.6 is 0 Å². The Labute approximate surface area is 114 Å². The molecule has 3 aromatic rings. The number of hydrogen-bond donors (Lipinski definition) is 0. The fraction of sp³-hybridized carbons (Fsp3) is 0. The molecule has 0 N–H and O–H groups in total. The van der Waals surface area contributed by atoms with Gasteiger partial charge in [-0.3, -0.25) is 4.79 Å². The number of aromatic nitrogens is 2. The fourth-order valence-corrected chi connectivity index (χ4v) is 4.05. The van der Waals surface area contributed by atoms with Gasteiger partial charge in [-0.1, -0.05) is 24.3 Å². The molecule has 20 heavy (non-hydrogen) atoms. The van der Waals surface area contributed by atoms with Crippen LogP contribution in [0.2, 0.25) is 0 Å². The predicted octanol–water partition coefficient (Wildman–Crippen LogP) is 1.61. The van der Waals surface area contributed by atoms with Gasteiger partial charge in [-0.2, -0.15) is 3.97 Å². The number of nitrogens with zero attached hydrogens (tertiary/aromatic N) is 2. The van der Waals surface area contributed by atoms with Crippen LogP contribution in [0.4, 0.5) is 0 Å². The quantitative estimate of drug-likeness (QED) is 0.492. The topological polar surface area (TPSA) is 69.0 Å². The van der Waals surface area contributed by atoms with Gasteiger partial charge < -0.3 is 0 Å². The van der Waals surface area contributed by atoms with E-state index in [1.54, 1.807) is 42.5 Å². The second kappa shape index (κ2) is 3.55. The first-order valence-electron chi connectivity index (χ1n) is 5.97. The van der Waals surface area contributed by atoms with E-state index in [4.69, 9.17) is 0 Å². The SMILES string of the molecule is O=c1c2ccccc2nc2n1S(=O)(=O)c1ccccc1-2. The molecule has 0 aliphatic carbocycles. The molecule has 1 aromatic heterocycles. The zero-order valence-corrected chi connectivity index (χ0v) is 11.0. The Hall–Kier alpha value is -2.47. The van der Waals surface area contributed by atoms with Crippen molar-refractivity contribution in [3.05, 3.63) is 58.9 Å². The fourth-order valence-electron chi connectivity index (χ4n) is 2.48. The Kier molecular flexibility index (Phi) is 2.01. The van der Waals surface area contributed by atoms with Crippen molar-refractivity contribution in [1.82, 2.24) is 8.96 Å². The summed E-state index contributed by atoms with van der Waals surface area (Å²) < 4.78 is 25.7. The Morgan fingerprint density at radius 1 is 0.950 bits per heavy atom. The van der Waals surface area contributed by atoms with E-state index in [0.717, 1.165) is 3.97 Å². The van der Waals surface area contributed by atoms with Crippen LogP contribution < -0.4 is 5.56 Å². The van der Waals surface area contributed by atoms with Gasteiger partial charge in [0.15, 0.2) is 5.82 Å². The van der Waals surface area contributed by atoms with Gasteiger partial charge in [-0.25, -0.2) is 13.4 Å². The molecule has 2 aromatic carbocycles. The minimum atomic E-state index is -3.85. The molecule has 5 nitrogen and oxygen atoms in total. The standard InChI is InChI=1S/C14H8N2O3S/c17-14-9-5-1-3-7-11(9)15-13-10-6-2-4-8-12(10)20(18,19)16(13)14/h1-8H. The van der Waals surface area contributed by atoms with Crippen molar-refractivity contribution in [2.75, 3.05) is 0 Å². The lowest BCUT2D eigenvalue weighted by atomic mass is 10.2. The maximum absolute atomic E-state index is 12.5. The van der Waals surface area contributed by atoms with E-state index in [-0.39, 0.29) is 10.7 Å². The van der Waals surface area contributed by atoms with Crippen molar-refractivity contribution in [2.45, 2.75) is 4.90 Å². The van der Waals surface area contributed by atoms with Gasteiger partial charge in [0, 0.05) is 5.56 Å². The molecular formula is C14H8N2O3S. The molecule has 2 heterocycles. The molecule has 0 bridgehead atoms. The minimum Gasteiger partial charge on any atom is -0.267 e. The number of benzene rings is 2. The molecule has 1 aliphatic heterocycles. The van der Waals surface area contributed by atoms with E-state index in [1.165, 1.54) is 6.07 Å². The summed E-state index contributed by atoms with van der Waals surface area (Å²) >= 11 is 0. The number of fused-ring (bicyclic) bond motifs is 4. The second-order valence-electron chi connectivity index (χ2n) is 4.52. The molecule has 0 radical (unpaired) electrons. The van der Waals surface area contributed by atoms with Gasteiger partial charge >= 0.3 is 0 Å². The highest BCUT2D eigenvalue weighted by molar-refractivity contribution is 7.90. The molecule has 0 spiro atoms. The highest BCUT2D eigenvalue weighted by Crippen LogP contribution is 2.34. The summed E-state index contributed by atoms with van der Waals surface area (Å²) in [5.74, 6) is 0.185. The van der Waals surface area contributed by atoms with E-state index in [9.17, 15) is 13.2 Å². The molecule has 0 amide bonds. The van der Waals surface area contributed by atoms with E-state index >= 15 is 0 Å². The van der Waals surface area contributed by atoms with Crippen LogP contribution in [0, 0.1) is 0 Å². The Bertz CT molecular complexity index is 1040. The summed E-state index contributed by atoms with van der Waals surface area (Å²) in [5, 5.41) is 0.299. The zero-order chi connectivity index (χ0) is 13.9. The summed E-state index contributed by atoms with van der Waals surface area (Å²) in [6.07, 6.45) is 0. The van der Waals surface area contributed by atoms with Gasteiger partial charge in [0.05, 0.1) is 15.8 Å². The van der Waals surface area contributed by atoms with Gasteiger partial charge in [-0.15, -0.1) is 0 Å². The van der Waals surface area contributed by atoms with Crippen molar-refractivity contribution in [3.8, 4) is 11.4 Å². The lowest BCUT2D eigenvalue weighted by Crippen LogP contribution is -2.25. The van der Waals surface area contributed by atoms with E-state index < -0.39 is 15.6 Å². The summed E-state index contributed by atoms with van der Waals surface area (Å²) in [5.41, 5.74) is 0.410.